The maximum absolute atomic E-state index is 6.41. The molecular weight excluding hydrogens is 184 g/mol. The monoisotopic (exact) mass is 189 g/mol. The maximum atomic E-state index is 6.41. The van der Waals surface area contributed by atoms with Crippen molar-refractivity contribution in [1.82, 2.24) is 0 Å². The predicted molar refractivity (Wildman–Crippen MR) is 31.1 cm³/mol. The minimum Gasteiger partial charge on any atom is -0.308 e. The molecular formula is CH3INP. The fourth-order valence-corrected chi connectivity index (χ4v) is 0. The van der Waals surface area contributed by atoms with Crippen LogP contribution in [0.15, 0.2) is 0 Å². The summed E-state index contributed by atoms with van der Waals surface area (Å²) in [5.41, 5.74) is 0. The molecule has 0 aromatic rings. The molecule has 24 valence electrons. The van der Waals surface area contributed by atoms with E-state index in [2.05, 4.69) is 0 Å². The second-order valence-corrected chi connectivity index (χ2v) is 2.28. The molecule has 0 aliphatic heterocycles. The van der Waals surface area contributed by atoms with Crippen LogP contribution in [0.5, 0.6) is 0 Å². The zero-order chi connectivity index (χ0) is 4.28. The quantitative estimate of drug-likeness (QED) is 0.368. The highest BCUT2D eigenvalue weighted by Crippen LogP contribution is 2.13. The molecule has 0 aromatic carbocycles. The zero-order valence-corrected chi connectivity index (χ0v) is 5.04. The lowest BCUT2D eigenvalue weighted by Crippen LogP contribution is -1.26. The molecule has 0 heterocycles. The fraction of sp³-hybridized carbons (Fsp3) is 0. The van der Waals surface area contributed by atoms with E-state index in [9.17, 15) is 0 Å². The average Bonchev–Trinajstić information content (AvgIpc) is 1.38. The maximum Gasteiger partial charge on any atom is 0.0842 e. The van der Waals surface area contributed by atoms with Crippen molar-refractivity contribution < 1.29 is 1.37 Å². The van der Waals surface area contributed by atoms with Crippen LogP contribution in [0, 0.1) is 5.41 Å². The van der Waals surface area contributed by atoms with Gasteiger partial charge in [0.05, 0.1) is 1.37 Å². The fourth-order valence-electron chi connectivity index (χ4n) is 0. The lowest BCUT2D eigenvalue weighted by Gasteiger charge is -1.54. The van der Waals surface area contributed by atoms with Gasteiger partial charge < -0.3 is 5.41 Å². The lowest BCUT2D eigenvalue weighted by molar-refractivity contribution is 1.60. The Bertz CT molecular complexity index is 46.9. The van der Waals surface area contributed by atoms with E-state index in [0.717, 1.165) is 0 Å². The summed E-state index contributed by atoms with van der Waals surface area (Å²) >= 11 is 1.99. The molecule has 0 aliphatic rings. The van der Waals surface area contributed by atoms with Crippen LogP contribution < -0.4 is 0 Å². The second kappa shape index (κ2) is 3.83. The molecule has 0 fully saturated rings. The molecule has 1 unspecified atom stereocenters. The van der Waals surface area contributed by atoms with Gasteiger partial charge in [-0.15, -0.1) is 0 Å². The van der Waals surface area contributed by atoms with Gasteiger partial charge >= 0.3 is 0 Å². The molecule has 0 spiro atoms. The van der Waals surface area contributed by atoms with Crippen molar-refractivity contribution in [2.45, 2.75) is 0 Å². The van der Waals surface area contributed by atoms with E-state index in [1.165, 1.54) is 0 Å². The minimum atomic E-state index is 0.0191. The van der Waals surface area contributed by atoms with Gasteiger partial charge in [-0.25, -0.2) is 0 Å². The molecule has 1 atom stereocenters. The summed E-state index contributed by atoms with van der Waals surface area (Å²) in [5.74, 6) is 0.0191. The van der Waals surface area contributed by atoms with E-state index in [1.54, 1.807) is 0 Å². The summed E-state index contributed by atoms with van der Waals surface area (Å²) < 4.78 is 6.41. The van der Waals surface area contributed by atoms with Gasteiger partial charge in [0.25, 0.3) is 0 Å². The van der Waals surface area contributed by atoms with Crippen LogP contribution >= 0.6 is 28.3 Å². The highest BCUT2D eigenvalue weighted by molar-refractivity contribution is 14.2. The standard InChI is InChI=1S/CH3INP/c2-4-1-3/h1,3-4H/i1T. The third-order valence-corrected chi connectivity index (χ3v) is 0.951. The van der Waals surface area contributed by atoms with Gasteiger partial charge in [-0.3, -0.25) is 0 Å². The summed E-state index contributed by atoms with van der Waals surface area (Å²) in [6, 6.07) is 0. The average molecular weight is 189 g/mol. The number of hydrogen-bond acceptors (Lipinski definition) is 1. The smallest absolute Gasteiger partial charge is 0.0842 e. The summed E-state index contributed by atoms with van der Waals surface area (Å²) in [6.07, 6.45) is 0.334. The number of halogens is 1. The largest absolute Gasteiger partial charge is 0.308 e. The highest BCUT2D eigenvalue weighted by Gasteiger charge is 1.49. The second-order valence-electron chi connectivity index (χ2n) is 0.219. The number of hydrogen-bond donors (Lipinski definition) is 1. The molecule has 0 aliphatic carbocycles. The third-order valence-electron chi connectivity index (χ3n) is 0.0472. The van der Waals surface area contributed by atoms with E-state index < -0.39 is 0 Å². The van der Waals surface area contributed by atoms with Crippen molar-refractivity contribution in [3.63, 3.8) is 0 Å². The molecule has 1 N–H and O–H groups in total. The molecule has 0 saturated carbocycles. The first kappa shape index (κ1) is 3.04. The van der Waals surface area contributed by atoms with Crippen LogP contribution in [0.1, 0.15) is 1.37 Å². The summed E-state index contributed by atoms with van der Waals surface area (Å²) in [7, 11) is 0. The van der Waals surface area contributed by atoms with Crippen molar-refractivity contribution in [2.75, 3.05) is 0 Å². The van der Waals surface area contributed by atoms with Crippen LogP contribution in [0.4, 0.5) is 0 Å². The summed E-state index contributed by atoms with van der Waals surface area (Å²) in [5, 5.41) is 6.41. The van der Waals surface area contributed by atoms with Crippen LogP contribution in [-0.2, 0) is 0 Å². The first-order chi connectivity index (χ1) is 2.27. The van der Waals surface area contributed by atoms with Gasteiger partial charge in [-0.2, -0.15) is 0 Å². The zero-order valence-electron chi connectivity index (χ0n) is 2.88. The van der Waals surface area contributed by atoms with E-state index in [-0.39, 0.29) is 5.93 Å². The molecule has 0 amide bonds. The van der Waals surface area contributed by atoms with Crippen molar-refractivity contribution in [1.29, 1.82) is 5.41 Å². The molecule has 1 nitrogen and oxygen atoms in total. The van der Waals surface area contributed by atoms with E-state index >= 15 is 0 Å². The molecule has 0 aromatic heterocycles. The summed E-state index contributed by atoms with van der Waals surface area (Å²) in [6.45, 7) is 0. The van der Waals surface area contributed by atoms with Crippen molar-refractivity contribution in [3.8, 4) is 0 Å². The van der Waals surface area contributed by atoms with Crippen molar-refractivity contribution in [2.24, 2.45) is 0 Å². The normalized spacial score (nSPS) is 12.8. The Hall–Kier alpha value is 0.830. The van der Waals surface area contributed by atoms with Gasteiger partial charge in [-0.05, 0) is 6.22 Å². The van der Waals surface area contributed by atoms with E-state index in [4.69, 9.17) is 6.78 Å². The topological polar surface area (TPSA) is 23.9 Å². The number of nitrogens with one attached hydrogen (secondary N) is 1. The first-order valence-corrected chi connectivity index (χ1v) is 4.80. The Kier molecular flexibility index (Phi) is 2.91. The van der Waals surface area contributed by atoms with Gasteiger partial charge in [0.15, 0.2) is 0 Å². The number of rotatable bonds is 1. The van der Waals surface area contributed by atoms with Gasteiger partial charge in [-0.1, -0.05) is 22.0 Å². The highest BCUT2D eigenvalue weighted by atomic mass is 127. The molecule has 0 rings (SSSR count). The van der Waals surface area contributed by atoms with Crippen LogP contribution in [0.25, 0.3) is 0 Å². The van der Waals surface area contributed by atoms with Crippen LogP contribution in [0.2, 0.25) is 0 Å². The summed E-state index contributed by atoms with van der Waals surface area (Å²) in [4.78, 5) is 0. The molecule has 0 radical (unpaired) electrons. The van der Waals surface area contributed by atoms with Gasteiger partial charge in [0.2, 0.25) is 0 Å². The SMILES string of the molecule is [3H]C(=N)PI. The van der Waals surface area contributed by atoms with Crippen molar-refractivity contribution >= 4 is 34.2 Å². The lowest BCUT2D eigenvalue weighted by atomic mass is 11.7. The Labute approximate surface area is 41.4 Å². The molecule has 0 saturated heterocycles. The molecule has 0 bridgehead atoms. The molecule has 4 heavy (non-hydrogen) atoms. The van der Waals surface area contributed by atoms with Crippen LogP contribution in [0.3, 0.4) is 0 Å². The minimum absolute atomic E-state index is 0.0191. The Morgan fingerprint density at radius 3 is 2.75 bits per heavy atom. The Morgan fingerprint density at radius 1 is 2.50 bits per heavy atom. The van der Waals surface area contributed by atoms with Crippen molar-refractivity contribution in [3.05, 3.63) is 0 Å². The van der Waals surface area contributed by atoms with Crippen LogP contribution in [-0.4, -0.2) is 5.93 Å². The predicted octanol–water partition coefficient (Wildman–Crippen LogP) is 1.62. The van der Waals surface area contributed by atoms with E-state index in [0.29, 0.717) is 6.22 Å². The Morgan fingerprint density at radius 2 is 2.75 bits per heavy atom. The van der Waals surface area contributed by atoms with Gasteiger partial charge in [0, 0.05) is 5.93 Å². The van der Waals surface area contributed by atoms with Gasteiger partial charge in [0.1, 0.15) is 0 Å². The molecule has 3 heteroatoms. The first-order valence-electron chi connectivity index (χ1n) is 1.19. The van der Waals surface area contributed by atoms with E-state index in [1.807, 2.05) is 22.0 Å². The Balaban J connectivity index is 2.85. The third kappa shape index (κ3) is 2.83.